The molecule has 0 radical (unpaired) electrons. The Hall–Kier alpha value is -2.66. The fourth-order valence-corrected chi connectivity index (χ4v) is 5.56. The van der Waals surface area contributed by atoms with Crippen molar-refractivity contribution in [1.29, 1.82) is 0 Å². The molecule has 5 heteroatoms. The minimum absolute atomic E-state index is 0.189. The number of carbonyl (C=O) groups excluding carboxylic acids is 1. The van der Waals surface area contributed by atoms with E-state index in [1.807, 2.05) is 23.0 Å². The first-order valence-corrected chi connectivity index (χ1v) is 10.5. The van der Waals surface area contributed by atoms with Crippen molar-refractivity contribution in [2.24, 2.45) is 11.8 Å². The number of nitrogens with zero attached hydrogens (tertiary/aromatic N) is 4. The van der Waals surface area contributed by atoms with E-state index < -0.39 is 0 Å². The van der Waals surface area contributed by atoms with E-state index in [2.05, 4.69) is 59.1 Å². The second kappa shape index (κ2) is 6.99. The number of likely N-dealkylation sites (tertiary alicyclic amines) is 2. The lowest BCUT2D eigenvalue weighted by atomic mass is 9.87. The van der Waals surface area contributed by atoms with Gasteiger partial charge in [0, 0.05) is 50.8 Å². The summed E-state index contributed by atoms with van der Waals surface area (Å²) in [5.41, 5.74) is 6.37. The number of pyridine rings is 1. The van der Waals surface area contributed by atoms with Crippen molar-refractivity contribution >= 4 is 11.4 Å². The molecule has 150 valence electrons. The Morgan fingerprint density at radius 2 is 1.86 bits per heavy atom. The smallest absolute Gasteiger partial charge is 0.219 e. The molecule has 29 heavy (non-hydrogen) atoms. The van der Waals surface area contributed by atoms with Gasteiger partial charge in [0.2, 0.25) is 5.91 Å². The molecule has 3 atom stereocenters. The lowest BCUT2D eigenvalue weighted by molar-refractivity contribution is -0.130. The van der Waals surface area contributed by atoms with Crippen molar-refractivity contribution in [3.8, 4) is 0 Å². The number of aromatic nitrogens is 2. The summed E-state index contributed by atoms with van der Waals surface area (Å²) in [6.07, 6.45) is 4.03. The fourth-order valence-electron chi connectivity index (χ4n) is 5.56. The first-order valence-electron chi connectivity index (χ1n) is 10.5. The van der Waals surface area contributed by atoms with Crippen LogP contribution in [-0.4, -0.2) is 45.0 Å². The maximum Gasteiger partial charge on any atom is 0.219 e. The zero-order chi connectivity index (χ0) is 20.1. The van der Waals surface area contributed by atoms with E-state index in [4.69, 9.17) is 0 Å². The maximum absolute atomic E-state index is 12.4. The molecular weight excluding hydrogens is 360 g/mol. The second-order valence-corrected chi connectivity index (χ2v) is 8.75. The molecule has 2 aromatic heterocycles. The third-order valence-electron chi connectivity index (χ3n) is 6.86. The molecular formula is C24H28N4O. The van der Waals surface area contributed by atoms with Gasteiger partial charge in [0.05, 0.1) is 17.8 Å². The molecule has 0 aliphatic carbocycles. The van der Waals surface area contributed by atoms with Crippen LogP contribution >= 0.6 is 0 Å². The van der Waals surface area contributed by atoms with Gasteiger partial charge in [0.25, 0.3) is 0 Å². The van der Waals surface area contributed by atoms with Gasteiger partial charge in [-0.2, -0.15) is 5.10 Å². The molecule has 3 aromatic rings. The summed E-state index contributed by atoms with van der Waals surface area (Å²) in [6.45, 7) is 9.88. The molecule has 0 spiro atoms. The van der Waals surface area contributed by atoms with Crippen molar-refractivity contribution in [3.05, 3.63) is 71.0 Å². The van der Waals surface area contributed by atoms with Crippen LogP contribution in [0.25, 0.3) is 5.52 Å². The molecule has 4 heterocycles. The summed E-state index contributed by atoms with van der Waals surface area (Å²) in [7, 11) is 0. The van der Waals surface area contributed by atoms with Gasteiger partial charge in [0.1, 0.15) is 0 Å². The van der Waals surface area contributed by atoms with E-state index in [1.54, 1.807) is 6.92 Å². The minimum Gasteiger partial charge on any atom is -0.335 e. The summed E-state index contributed by atoms with van der Waals surface area (Å²) >= 11 is 0. The molecule has 0 saturated carbocycles. The number of hydrogen-bond acceptors (Lipinski definition) is 3. The predicted octanol–water partition coefficient (Wildman–Crippen LogP) is 3.60. The maximum atomic E-state index is 12.4. The Kier molecular flexibility index (Phi) is 4.43. The Morgan fingerprint density at radius 1 is 1.07 bits per heavy atom. The number of hydrogen-bond donors (Lipinski definition) is 0. The van der Waals surface area contributed by atoms with Crippen LogP contribution < -0.4 is 0 Å². The van der Waals surface area contributed by atoms with E-state index in [-0.39, 0.29) is 11.9 Å². The normalized spacial score (nSPS) is 24.4. The average Bonchev–Trinajstić information content (AvgIpc) is 3.36. The highest BCUT2D eigenvalue weighted by molar-refractivity contribution is 5.74. The topological polar surface area (TPSA) is 40.9 Å². The van der Waals surface area contributed by atoms with Gasteiger partial charge in [-0.1, -0.05) is 30.3 Å². The lowest BCUT2D eigenvalue weighted by Gasteiger charge is -2.30. The Bertz CT molecular complexity index is 1070. The van der Waals surface area contributed by atoms with E-state index in [1.165, 1.54) is 27.8 Å². The lowest BCUT2D eigenvalue weighted by Crippen LogP contribution is -2.34. The van der Waals surface area contributed by atoms with E-state index >= 15 is 0 Å². The van der Waals surface area contributed by atoms with Crippen LogP contribution in [0.15, 0.2) is 48.8 Å². The van der Waals surface area contributed by atoms with Gasteiger partial charge in [-0.3, -0.25) is 9.69 Å². The fraction of sp³-hybridized carbons (Fsp3) is 0.417. The van der Waals surface area contributed by atoms with Crippen LogP contribution in [-0.2, 0) is 11.3 Å². The van der Waals surface area contributed by atoms with Gasteiger partial charge in [0.15, 0.2) is 0 Å². The molecule has 2 fully saturated rings. The Labute approximate surface area is 171 Å². The third kappa shape index (κ3) is 3.04. The molecule has 1 amide bonds. The van der Waals surface area contributed by atoms with Gasteiger partial charge >= 0.3 is 0 Å². The third-order valence-corrected chi connectivity index (χ3v) is 6.86. The van der Waals surface area contributed by atoms with Crippen molar-refractivity contribution in [2.45, 2.75) is 33.4 Å². The van der Waals surface area contributed by atoms with Crippen LogP contribution in [0.3, 0.4) is 0 Å². The quantitative estimate of drug-likeness (QED) is 0.688. The molecule has 1 aromatic carbocycles. The molecule has 5 rings (SSSR count). The van der Waals surface area contributed by atoms with Gasteiger partial charge in [-0.05, 0) is 42.5 Å². The van der Waals surface area contributed by atoms with E-state index in [0.29, 0.717) is 11.8 Å². The predicted molar refractivity (Wildman–Crippen MR) is 113 cm³/mol. The highest BCUT2D eigenvalue weighted by Crippen LogP contribution is 2.46. The summed E-state index contributed by atoms with van der Waals surface area (Å²) in [4.78, 5) is 17.1. The van der Waals surface area contributed by atoms with Crippen LogP contribution in [0, 0.1) is 25.7 Å². The van der Waals surface area contributed by atoms with Crippen molar-refractivity contribution in [3.63, 3.8) is 0 Å². The van der Waals surface area contributed by atoms with Gasteiger partial charge < -0.3 is 4.90 Å². The summed E-state index contributed by atoms with van der Waals surface area (Å²) < 4.78 is 1.98. The number of rotatable bonds is 3. The monoisotopic (exact) mass is 388 g/mol. The number of carbonyl (C=O) groups is 1. The number of fused-ring (bicyclic) bond motifs is 2. The standard InChI is InChI=1S/C24H28N4O/c1-16-7-4-5-9-21(16)24-22-15-26(13-20(22)14-27(24)18(3)29)12-19-11-25-28-10-6-8-17(2)23(19)28/h4-11,20,22,24H,12-15H2,1-3H3/t20-,22-,24+/m1/s1. The number of amides is 1. The first-order chi connectivity index (χ1) is 14.0. The highest BCUT2D eigenvalue weighted by Gasteiger charge is 2.48. The second-order valence-electron chi connectivity index (χ2n) is 8.75. The highest BCUT2D eigenvalue weighted by atomic mass is 16.2. The summed E-state index contributed by atoms with van der Waals surface area (Å²) in [6, 6.07) is 12.9. The molecule has 2 aliphatic rings. The average molecular weight is 389 g/mol. The van der Waals surface area contributed by atoms with E-state index in [0.717, 1.165) is 26.2 Å². The molecule has 0 N–H and O–H groups in total. The van der Waals surface area contributed by atoms with E-state index in [9.17, 15) is 4.79 Å². The SMILES string of the molecule is CC(=O)N1C[C@H]2CN(Cc3cnn4cccc(C)c34)C[C@H]2[C@@H]1c1ccccc1C. The van der Waals surface area contributed by atoms with Crippen molar-refractivity contribution < 1.29 is 4.79 Å². The number of aryl methyl sites for hydroxylation is 2. The van der Waals surface area contributed by atoms with Gasteiger partial charge in [-0.25, -0.2) is 4.52 Å². The molecule has 0 unspecified atom stereocenters. The molecule has 0 bridgehead atoms. The zero-order valence-electron chi connectivity index (χ0n) is 17.4. The summed E-state index contributed by atoms with van der Waals surface area (Å²) in [5.74, 6) is 1.21. The zero-order valence-corrected chi connectivity index (χ0v) is 17.4. The first kappa shape index (κ1) is 18.4. The Morgan fingerprint density at radius 3 is 2.66 bits per heavy atom. The summed E-state index contributed by atoms with van der Waals surface area (Å²) in [5, 5.41) is 4.54. The van der Waals surface area contributed by atoms with Gasteiger partial charge in [-0.15, -0.1) is 0 Å². The molecule has 2 saturated heterocycles. The minimum atomic E-state index is 0.189. The van der Waals surface area contributed by atoms with Crippen LogP contribution in [0.1, 0.15) is 35.2 Å². The Balaban J connectivity index is 1.42. The van der Waals surface area contributed by atoms with Crippen LogP contribution in [0.4, 0.5) is 0 Å². The number of benzene rings is 1. The molecule has 2 aliphatic heterocycles. The van der Waals surface area contributed by atoms with Crippen molar-refractivity contribution in [1.82, 2.24) is 19.4 Å². The largest absolute Gasteiger partial charge is 0.335 e. The van der Waals surface area contributed by atoms with Crippen molar-refractivity contribution in [2.75, 3.05) is 19.6 Å². The molecule has 5 nitrogen and oxygen atoms in total. The van der Waals surface area contributed by atoms with Crippen LogP contribution in [0.2, 0.25) is 0 Å². The van der Waals surface area contributed by atoms with Crippen LogP contribution in [0.5, 0.6) is 0 Å².